The third-order valence-corrected chi connectivity index (χ3v) is 1.94. The molecule has 0 atom stereocenters. The van der Waals surface area contributed by atoms with Gasteiger partial charge in [-0.05, 0) is 19.0 Å². The van der Waals surface area contributed by atoms with Crippen molar-refractivity contribution in [1.82, 2.24) is 19.2 Å². The summed E-state index contributed by atoms with van der Waals surface area (Å²) in [4.78, 5) is 15.6. The highest BCUT2D eigenvalue weighted by molar-refractivity contribution is 5.23. The average Bonchev–Trinajstić information content (AvgIpc) is 2.54. The molecule has 0 aliphatic rings. The van der Waals surface area contributed by atoms with E-state index in [4.69, 9.17) is 5.73 Å². The van der Waals surface area contributed by atoms with Crippen molar-refractivity contribution in [2.45, 2.75) is 13.0 Å². The number of nitrogens with zero attached hydrogens (tertiary/aromatic N) is 4. The molecule has 6 heteroatoms. The second-order valence-electron chi connectivity index (χ2n) is 2.94. The van der Waals surface area contributed by atoms with Gasteiger partial charge in [-0.2, -0.15) is 0 Å². The first-order valence-corrected chi connectivity index (χ1v) is 4.43. The fourth-order valence-electron chi connectivity index (χ4n) is 1.25. The molecule has 14 heavy (non-hydrogen) atoms. The molecule has 2 N–H and O–H groups in total. The van der Waals surface area contributed by atoms with E-state index in [0.717, 1.165) is 6.42 Å². The van der Waals surface area contributed by atoms with Crippen LogP contribution < -0.4 is 11.4 Å². The van der Waals surface area contributed by atoms with Crippen molar-refractivity contribution in [3.05, 3.63) is 28.9 Å². The van der Waals surface area contributed by atoms with Gasteiger partial charge in [0.15, 0.2) is 0 Å². The molecule has 2 aromatic heterocycles. The Bertz CT molecular complexity index is 486. The highest BCUT2D eigenvalue weighted by Gasteiger charge is 2.05. The molecule has 2 heterocycles. The second kappa shape index (κ2) is 3.59. The molecule has 0 radical (unpaired) electrons. The van der Waals surface area contributed by atoms with Crippen LogP contribution in [0.3, 0.4) is 0 Å². The Kier molecular flexibility index (Phi) is 2.28. The molecule has 2 rings (SSSR count). The Morgan fingerprint density at radius 3 is 3.07 bits per heavy atom. The van der Waals surface area contributed by atoms with E-state index >= 15 is 0 Å². The van der Waals surface area contributed by atoms with Crippen molar-refractivity contribution in [2.24, 2.45) is 5.73 Å². The highest BCUT2D eigenvalue weighted by atomic mass is 16.2. The maximum Gasteiger partial charge on any atom is 0.351 e. The summed E-state index contributed by atoms with van der Waals surface area (Å²) in [5.41, 5.74) is 5.19. The minimum atomic E-state index is -0.165. The monoisotopic (exact) mass is 193 g/mol. The predicted molar refractivity (Wildman–Crippen MR) is 50.9 cm³/mol. The normalized spacial score (nSPS) is 10.9. The first kappa shape index (κ1) is 8.89. The highest BCUT2D eigenvalue weighted by Crippen LogP contribution is 1.90. The molecule has 0 amide bonds. The zero-order valence-corrected chi connectivity index (χ0v) is 7.63. The number of nitrogens with two attached hydrogens (primary N) is 1. The molecule has 0 aliphatic carbocycles. The van der Waals surface area contributed by atoms with E-state index < -0.39 is 0 Å². The lowest BCUT2D eigenvalue weighted by Crippen LogP contribution is -2.22. The molecule has 6 nitrogen and oxygen atoms in total. The quantitative estimate of drug-likeness (QED) is 0.695. The van der Waals surface area contributed by atoms with E-state index in [1.54, 1.807) is 18.5 Å². The van der Waals surface area contributed by atoms with Gasteiger partial charge in [-0.3, -0.25) is 0 Å². The van der Waals surface area contributed by atoms with E-state index in [1.807, 2.05) is 0 Å². The van der Waals surface area contributed by atoms with Gasteiger partial charge in [-0.25, -0.2) is 18.9 Å². The Hall–Kier alpha value is -1.69. The maximum atomic E-state index is 11.6. The van der Waals surface area contributed by atoms with Gasteiger partial charge >= 0.3 is 5.69 Å². The molecule has 74 valence electrons. The molecule has 0 saturated heterocycles. The lowest BCUT2D eigenvalue weighted by Gasteiger charge is -1.94. The maximum absolute atomic E-state index is 11.6. The zero-order chi connectivity index (χ0) is 9.97. The van der Waals surface area contributed by atoms with Crippen molar-refractivity contribution in [1.29, 1.82) is 0 Å². The Balaban J connectivity index is 2.47. The number of hydrogen-bond donors (Lipinski definition) is 1. The van der Waals surface area contributed by atoms with Gasteiger partial charge in [0, 0.05) is 18.9 Å². The second-order valence-corrected chi connectivity index (χ2v) is 2.94. The summed E-state index contributed by atoms with van der Waals surface area (Å²) in [5.74, 6) is 0.425. The summed E-state index contributed by atoms with van der Waals surface area (Å²) in [6.07, 6.45) is 4.00. The van der Waals surface area contributed by atoms with Gasteiger partial charge in [-0.15, -0.1) is 5.10 Å². The summed E-state index contributed by atoms with van der Waals surface area (Å²) in [6, 6.07) is 1.70. The average molecular weight is 193 g/mol. The van der Waals surface area contributed by atoms with E-state index in [1.165, 1.54) is 9.08 Å². The Labute approximate surface area is 80.0 Å². The van der Waals surface area contributed by atoms with Crippen LogP contribution in [0.25, 0.3) is 5.78 Å². The fraction of sp³-hybridized carbons (Fsp3) is 0.375. The summed E-state index contributed by atoms with van der Waals surface area (Å²) < 4.78 is 2.80. The van der Waals surface area contributed by atoms with Crippen LogP contribution in [0.15, 0.2) is 23.3 Å². The van der Waals surface area contributed by atoms with Crippen LogP contribution in [0.4, 0.5) is 0 Å². The molecule has 0 saturated carbocycles. The van der Waals surface area contributed by atoms with Gasteiger partial charge in [-0.1, -0.05) is 0 Å². The van der Waals surface area contributed by atoms with Gasteiger partial charge in [0.05, 0.1) is 0 Å². The summed E-state index contributed by atoms with van der Waals surface area (Å²) in [5, 5.41) is 4.05. The molecule has 2 aromatic rings. The summed E-state index contributed by atoms with van der Waals surface area (Å²) >= 11 is 0. The van der Waals surface area contributed by atoms with Crippen molar-refractivity contribution >= 4 is 5.78 Å². The molecular weight excluding hydrogens is 182 g/mol. The number of aromatic nitrogens is 4. The van der Waals surface area contributed by atoms with Crippen LogP contribution >= 0.6 is 0 Å². The lowest BCUT2D eigenvalue weighted by atomic mass is 10.4. The number of hydrogen-bond acceptors (Lipinski definition) is 4. The molecule has 0 aromatic carbocycles. The van der Waals surface area contributed by atoms with E-state index in [9.17, 15) is 4.79 Å². The Morgan fingerprint density at radius 2 is 2.36 bits per heavy atom. The number of fused-ring (bicyclic) bond motifs is 1. The van der Waals surface area contributed by atoms with Crippen LogP contribution in [-0.4, -0.2) is 25.7 Å². The largest absolute Gasteiger partial charge is 0.351 e. The van der Waals surface area contributed by atoms with Crippen LogP contribution in [0.2, 0.25) is 0 Å². The van der Waals surface area contributed by atoms with Gasteiger partial charge in [0.25, 0.3) is 5.78 Å². The van der Waals surface area contributed by atoms with Crippen molar-refractivity contribution < 1.29 is 0 Å². The SMILES string of the molecule is NCCCn1nc2ncccn2c1=O. The molecule has 0 fully saturated rings. The van der Waals surface area contributed by atoms with E-state index in [-0.39, 0.29) is 5.69 Å². The first-order valence-electron chi connectivity index (χ1n) is 4.43. The topological polar surface area (TPSA) is 78.2 Å². The third-order valence-electron chi connectivity index (χ3n) is 1.94. The number of aryl methyl sites for hydroxylation is 1. The lowest BCUT2D eigenvalue weighted by molar-refractivity contribution is 0.566. The van der Waals surface area contributed by atoms with Crippen molar-refractivity contribution in [3.8, 4) is 0 Å². The summed E-state index contributed by atoms with van der Waals surface area (Å²) in [7, 11) is 0. The van der Waals surface area contributed by atoms with Gasteiger partial charge in [0.1, 0.15) is 0 Å². The molecule has 0 unspecified atom stereocenters. The van der Waals surface area contributed by atoms with Crippen LogP contribution in [-0.2, 0) is 6.54 Å². The van der Waals surface area contributed by atoms with E-state index in [0.29, 0.717) is 18.9 Å². The zero-order valence-electron chi connectivity index (χ0n) is 7.63. The van der Waals surface area contributed by atoms with Gasteiger partial charge in [0.2, 0.25) is 0 Å². The van der Waals surface area contributed by atoms with Crippen molar-refractivity contribution in [2.75, 3.05) is 6.54 Å². The minimum Gasteiger partial charge on any atom is -0.330 e. The third kappa shape index (κ3) is 1.39. The molecule has 0 aliphatic heterocycles. The van der Waals surface area contributed by atoms with Crippen LogP contribution in [0.5, 0.6) is 0 Å². The Morgan fingerprint density at radius 1 is 1.50 bits per heavy atom. The summed E-state index contributed by atoms with van der Waals surface area (Å²) in [6.45, 7) is 1.09. The predicted octanol–water partition coefficient (Wildman–Crippen LogP) is -0.760. The number of rotatable bonds is 3. The molecule has 0 spiro atoms. The standard InChI is InChI=1S/C8H11N5O/c9-3-1-6-13-8(14)12-5-2-4-10-7(12)11-13/h2,4-5H,1,3,6,9H2. The van der Waals surface area contributed by atoms with Gasteiger partial charge < -0.3 is 5.73 Å². The van der Waals surface area contributed by atoms with Crippen LogP contribution in [0, 0.1) is 0 Å². The smallest absolute Gasteiger partial charge is 0.330 e. The minimum absolute atomic E-state index is 0.165. The molecule has 0 bridgehead atoms. The van der Waals surface area contributed by atoms with Crippen molar-refractivity contribution in [3.63, 3.8) is 0 Å². The van der Waals surface area contributed by atoms with Crippen LogP contribution in [0.1, 0.15) is 6.42 Å². The fourth-order valence-corrected chi connectivity index (χ4v) is 1.25. The van der Waals surface area contributed by atoms with E-state index in [2.05, 4.69) is 10.1 Å². The first-order chi connectivity index (χ1) is 6.83. The molecular formula is C8H11N5O.